The van der Waals surface area contributed by atoms with Crippen LogP contribution in [0.15, 0.2) is 48.5 Å². The summed E-state index contributed by atoms with van der Waals surface area (Å²) < 4.78 is 10.5. The van der Waals surface area contributed by atoms with Crippen LogP contribution in [0.25, 0.3) is 0 Å². The Morgan fingerprint density at radius 1 is 1.19 bits per heavy atom. The van der Waals surface area contributed by atoms with Gasteiger partial charge in [0.1, 0.15) is 18.3 Å². The number of benzene rings is 2. The highest BCUT2D eigenvalue weighted by Crippen LogP contribution is 2.31. The van der Waals surface area contributed by atoms with Crippen LogP contribution in [0.2, 0.25) is 0 Å². The molecule has 0 radical (unpaired) electrons. The maximum absolute atomic E-state index is 12.2. The summed E-state index contributed by atoms with van der Waals surface area (Å²) in [5, 5.41) is 3.23. The Hall–Kier alpha value is -2.49. The Kier molecular flexibility index (Phi) is 3.77. The van der Waals surface area contributed by atoms with E-state index in [9.17, 15) is 4.79 Å². The summed E-state index contributed by atoms with van der Waals surface area (Å²) in [6.45, 7) is 0.877. The third kappa shape index (κ3) is 2.84. The van der Waals surface area contributed by atoms with Crippen LogP contribution in [-0.2, 0) is 16.1 Å². The van der Waals surface area contributed by atoms with E-state index in [-0.39, 0.29) is 18.5 Å². The molecule has 0 amide bonds. The molecular formula is C17H17NO3. The minimum Gasteiger partial charge on any atom is -0.497 e. The lowest BCUT2D eigenvalue weighted by atomic mass is 10.0. The van der Waals surface area contributed by atoms with Gasteiger partial charge in [0, 0.05) is 12.2 Å². The van der Waals surface area contributed by atoms with Gasteiger partial charge in [-0.1, -0.05) is 30.3 Å². The zero-order chi connectivity index (χ0) is 14.7. The highest BCUT2D eigenvalue weighted by molar-refractivity contribution is 5.83. The van der Waals surface area contributed by atoms with Gasteiger partial charge in [-0.05, 0) is 29.3 Å². The van der Waals surface area contributed by atoms with Crippen molar-refractivity contribution >= 4 is 11.7 Å². The summed E-state index contributed by atoms with van der Waals surface area (Å²) in [6, 6.07) is 15.3. The molecule has 0 aliphatic carbocycles. The Balaban J connectivity index is 1.62. The van der Waals surface area contributed by atoms with Gasteiger partial charge in [0.05, 0.1) is 7.11 Å². The summed E-state index contributed by atoms with van der Waals surface area (Å²) >= 11 is 0. The largest absolute Gasteiger partial charge is 0.497 e. The molecule has 0 fully saturated rings. The van der Waals surface area contributed by atoms with Gasteiger partial charge < -0.3 is 14.8 Å². The minimum absolute atomic E-state index is 0.191. The monoisotopic (exact) mass is 283 g/mol. The molecule has 0 spiro atoms. The molecule has 1 unspecified atom stereocenters. The molecule has 1 atom stereocenters. The fourth-order valence-corrected chi connectivity index (χ4v) is 2.47. The van der Waals surface area contributed by atoms with Gasteiger partial charge in [-0.25, -0.2) is 0 Å². The van der Waals surface area contributed by atoms with Crippen LogP contribution < -0.4 is 10.1 Å². The maximum Gasteiger partial charge on any atom is 0.315 e. The topological polar surface area (TPSA) is 47.6 Å². The molecule has 2 aromatic rings. The Labute approximate surface area is 123 Å². The third-order valence-electron chi connectivity index (χ3n) is 3.66. The molecule has 4 heteroatoms. The predicted molar refractivity (Wildman–Crippen MR) is 80.5 cm³/mol. The molecule has 21 heavy (non-hydrogen) atoms. The molecule has 0 aromatic heterocycles. The predicted octanol–water partition coefficient (Wildman–Crippen LogP) is 2.95. The first-order valence-electron chi connectivity index (χ1n) is 6.90. The molecule has 0 bridgehead atoms. The summed E-state index contributed by atoms with van der Waals surface area (Å²) in [5.41, 5.74) is 2.98. The van der Waals surface area contributed by atoms with Crippen molar-refractivity contribution in [2.75, 3.05) is 19.0 Å². The van der Waals surface area contributed by atoms with Gasteiger partial charge in [-0.15, -0.1) is 0 Å². The first-order chi connectivity index (χ1) is 10.3. The quantitative estimate of drug-likeness (QED) is 0.876. The number of methoxy groups -OCH3 is 1. The number of para-hydroxylation sites is 1. The molecule has 108 valence electrons. The van der Waals surface area contributed by atoms with Gasteiger partial charge >= 0.3 is 5.97 Å². The van der Waals surface area contributed by atoms with Crippen LogP contribution in [0.4, 0.5) is 5.69 Å². The number of hydrogen-bond acceptors (Lipinski definition) is 4. The van der Waals surface area contributed by atoms with Gasteiger partial charge in [0.15, 0.2) is 0 Å². The number of carbonyl (C=O) groups is 1. The number of fused-ring (bicyclic) bond motifs is 1. The number of nitrogens with one attached hydrogen (secondary N) is 1. The number of esters is 1. The van der Waals surface area contributed by atoms with Crippen molar-refractivity contribution < 1.29 is 14.3 Å². The van der Waals surface area contributed by atoms with Crippen LogP contribution in [0, 0.1) is 0 Å². The number of carbonyl (C=O) groups excluding carboxylic acids is 1. The fraction of sp³-hybridized carbons (Fsp3) is 0.235. The van der Waals surface area contributed by atoms with Crippen molar-refractivity contribution in [2.24, 2.45) is 0 Å². The molecule has 1 heterocycles. The molecule has 2 aromatic carbocycles. The van der Waals surface area contributed by atoms with Crippen LogP contribution in [0.3, 0.4) is 0 Å². The number of rotatable bonds is 4. The van der Waals surface area contributed by atoms with E-state index in [2.05, 4.69) is 5.32 Å². The van der Waals surface area contributed by atoms with Crippen LogP contribution in [0.5, 0.6) is 5.75 Å². The smallest absolute Gasteiger partial charge is 0.315 e. The molecule has 1 aliphatic heterocycles. The van der Waals surface area contributed by atoms with Crippen molar-refractivity contribution in [1.82, 2.24) is 0 Å². The van der Waals surface area contributed by atoms with Crippen molar-refractivity contribution in [3.8, 4) is 5.75 Å². The normalized spacial score (nSPS) is 16.0. The lowest BCUT2D eigenvalue weighted by Crippen LogP contribution is -2.17. The first-order valence-corrected chi connectivity index (χ1v) is 6.90. The first kappa shape index (κ1) is 13.5. The second-order valence-electron chi connectivity index (χ2n) is 4.98. The summed E-state index contributed by atoms with van der Waals surface area (Å²) in [6.07, 6.45) is 0. The zero-order valence-corrected chi connectivity index (χ0v) is 11.8. The fourth-order valence-electron chi connectivity index (χ4n) is 2.47. The van der Waals surface area contributed by atoms with E-state index >= 15 is 0 Å². The van der Waals surface area contributed by atoms with Gasteiger partial charge in [0.25, 0.3) is 0 Å². The summed E-state index contributed by atoms with van der Waals surface area (Å²) in [5.74, 6) is 0.377. The van der Waals surface area contributed by atoms with E-state index in [1.165, 1.54) is 0 Å². The SMILES string of the molecule is COc1ccc(COC(=O)C2CNc3ccccc32)cc1. The standard InChI is InChI=1S/C17H17NO3/c1-20-13-8-6-12(7-9-13)11-21-17(19)15-10-18-16-5-3-2-4-14(15)16/h2-9,15,18H,10-11H2,1H3. The summed E-state index contributed by atoms with van der Waals surface area (Å²) in [7, 11) is 1.62. The second-order valence-corrected chi connectivity index (χ2v) is 4.98. The van der Waals surface area contributed by atoms with Crippen molar-refractivity contribution in [1.29, 1.82) is 0 Å². The van der Waals surface area contributed by atoms with E-state index in [0.717, 1.165) is 22.6 Å². The maximum atomic E-state index is 12.2. The molecular weight excluding hydrogens is 266 g/mol. The van der Waals surface area contributed by atoms with Crippen molar-refractivity contribution in [3.63, 3.8) is 0 Å². The second kappa shape index (κ2) is 5.87. The van der Waals surface area contributed by atoms with Crippen molar-refractivity contribution in [3.05, 3.63) is 59.7 Å². The minimum atomic E-state index is -0.223. The Bertz CT molecular complexity index is 637. The van der Waals surface area contributed by atoms with E-state index in [1.807, 2.05) is 48.5 Å². The van der Waals surface area contributed by atoms with E-state index < -0.39 is 0 Å². The van der Waals surface area contributed by atoms with Gasteiger partial charge in [0.2, 0.25) is 0 Å². The average molecular weight is 283 g/mol. The van der Waals surface area contributed by atoms with Crippen LogP contribution >= 0.6 is 0 Å². The molecule has 1 aliphatic rings. The molecule has 4 nitrogen and oxygen atoms in total. The van der Waals surface area contributed by atoms with Crippen LogP contribution in [-0.4, -0.2) is 19.6 Å². The average Bonchev–Trinajstić information content (AvgIpc) is 2.97. The highest BCUT2D eigenvalue weighted by atomic mass is 16.5. The third-order valence-corrected chi connectivity index (χ3v) is 3.66. The number of ether oxygens (including phenoxy) is 2. The molecule has 3 rings (SSSR count). The molecule has 1 N–H and O–H groups in total. The molecule has 0 saturated heterocycles. The molecule has 0 saturated carbocycles. The highest BCUT2D eigenvalue weighted by Gasteiger charge is 2.29. The van der Waals surface area contributed by atoms with Crippen molar-refractivity contribution in [2.45, 2.75) is 12.5 Å². The van der Waals surface area contributed by atoms with E-state index in [1.54, 1.807) is 7.11 Å². The van der Waals surface area contributed by atoms with E-state index in [4.69, 9.17) is 9.47 Å². The Morgan fingerprint density at radius 2 is 1.95 bits per heavy atom. The Morgan fingerprint density at radius 3 is 2.71 bits per heavy atom. The van der Waals surface area contributed by atoms with Gasteiger partial charge in [-0.3, -0.25) is 4.79 Å². The zero-order valence-electron chi connectivity index (χ0n) is 11.8. The van der Waals surface area contributed by atoms with Crippen LogP contribution in [0.1, 0.15) is 17.0 Å². The lowest BCUT2D eigenvalue weighted by molar-refractivity contribution is -0.146. The van der Waals surface area contributed by atoms with Gasteiger partial charge in [-0.2, -0.15) is 0 Å². The number of hydrogen-bond donors (Lipinski definition) is 1. The number of anilines is 1. The van der Waals surface area contributed by atoms with E-state index in [0.29, 0.717) is 6.54 Å². The lowest BCUT2D eigenvalue weighted by Gasteiger charge is -2.11. The summed E-state index contributed by atoms with van der Waals surface area (Å²) in [4.78, 5) is 12.2.